The predicted molar refractivity (Wildman–Crippen MR) is 152 cm³/mol. The number of amides is 1. The van der Waals surface area contributed by atoms with Gasteiger partial charge in [0.25, 0.3) is 0 Å². The first-order valence-electron chi connectivity index (χ1n) is 15.5. The predicted octanol–water partition coefficient (Wildman–Crippen LogP) is 3.89. The molecular weight excluding hydrogens is 566 g/mol. The molecule has 10 atom stereocenters. The second kappa shape index (κ2) is 9.59. The quantitative estimate of drug-likeness (QED) is 0.122. The Morgan fingerprint density at radius 1 is 1.20 bits per heavy atom. The molecule has 5 heterocycles. The van der Waals surface area contributed by atoms with E-state index < -0.39 is 16.8 Å². The van der Waals surface area contributed by atoms with E-state index in [-0.39, 0.29) is 67.1 Å². The summed E-state index contributed by atoms with van der Waals surface area (Å²) in [5.74, 6) is 1.52. The van der Waals surface area contributed by atoms with Crippen molar-refractivity contribution in [1.29, 1.82) is 0 Å². The molecule has 0 aromatic heterocycles. The summed E-state index contributed by atoms with van der Waals surface area (Å²) >= 11 is 0. The van der Waals surface area contributed by atoms with Crippen LogP contribution >= 0.6 is 21.6 Å². The molecule has 1 N–H and O–H groups in total. The minimum Gasteiger partial charge on any atom is -0.458 e. The van der Waals surface area contributed by atoms with Crippen LogP contribution in [0.1, 0.15) is 72.1 Å². The average molecular weight is 608 g/mol. The molecule has 1 amide bonds. The lowest BCUT2D eigenvalue weighted by Crippen LogP contribution is -2.69. The fourth-order valence-electron chi connectivity index (χ4n) is 9.52. The van der Waals surface area contributed by atoms with Gasteiger partial charge in [-0.25, -0.2) is 4.79 Å². The van der Waals surface area contributed by atoms with Crippen LogP contribution in [-0.2, 0) is 38.0 Å². The number of ether oxygens (including phenoxy) is 6. The first kappa shape index (κ1) is 27.7. The molecular formula is C30H41NO8S2. The Labute approximate surface area is 249 Å². The van der Waals surface area contributed by atoms with Gasteiger partial charge < -0.3 is 33.7 Å². The molecule has 9 nitrogen and oxygen atoms in total. The molecule has 2 saturated carbocycles. The first-order chi connectivity index (χ1) is 19.8. The molecule has 6 fully saturated rings. The van der Waals surface area contributed by atoms with Crippen molar-refractivity contribution in [3.63, 3.8) is 0 Å². The van der Waals surface area contributed by atoms with Gasteiger partial charge in [0.15, 0.2) is 5.60 Å². The highest BCUT2D eigenvalue weighted by Crippen LogP contribution is 2.83. The van der Waals surface area contributed by atoms with Crippen LogP contribution in [0.4, 0.5) is 0 Å². The van der Waals surface area contributed by atoms with E-state index in [0.29, 0.717) is 19.4 Å². The van der Waals surface area contributed by atoms with Crippen LogP contribution < -0.4 is 5.32 Å². The molecule has 5 aliphatic heterocycles. The van der Waals surface area contributed by atoms with Crippen molar-refractivity contribution in [3.05, 3.63) is 11.1 Å². The Kier molecular flexibility index (Phi) is 6.48. The Morgan fingerprint density at radius 3 is 2.88 bits per heavy atom. The van der Waals surface area contributed by atoms with Crippen molar-refractivity contribution in [2.24, 2.45) is 17.3 Å². The van der Waals surface area contributed by atoms with Gasteiger partial charge in [-0.15, -0.1) is 0 Å². The zero-order chi connectivity index (χ0) is 28.2. The van der Waals surface area contributed by atoms with Gasteiger partial charge in [-0.2, -0.15) is 0 Å². The monoisotopic (exact) mass is 607 g/mol. The summed E-state index contributed by atoms with van der Waals surface area (Å²) in [4.78, 5) is 24.7. The Bertz CT molecular complexity index is 1180. The van der Waals surface area contributed by atoms with Crippen LogP contribution in [0, 0.1) is 17.3 Å². The summed E-state index contributed by atoms with van der Waals surface area (Å²) in [6.07, 6.45) is 6.97. The van der Waals surface area contributed by atoms with Gasteiger partial charge in [0, 0.05) is 28.4 Å². The van der Waals surface area contributed by atoms with Crippen molar-refractivity contribution >= 4 is 33.5 Å². The van der Waals surface area contributed by atoms with Crippen LogP contribution in [0.25, 0.3) is 0 Å². The van der Waals surface area contributed by atoms with E-state index in [2.05, 4.69) is 26.1 Å². The van der Waals surface area contributed by atoms with Crippen LogP contribution in [0.5, 0.6) is 0 Å². The number of rotatable bonds is 11. The van der Waals surface area contributed by atoms with E-state index in [1.54, 1.807) is 0 Å². The number of carbonyl (C=O) groups is 2. The molecule has 8 rings (SSSR count). The van der Waals surface area contributed by atoms with Crippen molar-refractivity contribution in [1.82, 2.24) is 5.32 Å². The lowest BCUT2D eigenvalue weighted by molar-refractivity contribution is -0.174. The number of nitrogens with one attached hydrogen (secondary N) is 1. The Hall–Kier alpha value is -0.820. The summed E-state index contributed by atoms with van der Waals surface area (Å²) in [5, 5.41) is 3.63. The zero-order valence-electron chi connectivity index (χ0n) is 24.1. The van der Waals surface area contributed by atoms with E-state index >= 15 is 0 Å². The molecule has 4 saturated heterocycles. The highest BCUT2D eigenvalue weighted by molar-refractivity contribution is 8.77. The molecule has 2 spiro atoms. The van der Waals surface area contributed by atoms with Crippen LogP contribution in [0.2, 0.25) is 0 Å². The number of hydrogen-bond donors (Lipinski definition) is 1. The summed E-state index contributed by atoms with van der Waals surface area (Å²) in [6, 6.07) is 0. The van der Waals surface area contributed by atoms with E-state index in [1.165, 1.54) is 18.6 Å². The molecule has 0 aromatic rings. The van der Waals surface area contributed by atoms with Crippen molar-refractivity contribution < 1.29 is 38.0 Å². The van der Waals surface area contributed by atoms with Gasteiger partial charge in [0.05, 0.1) is 6.10 Å². The van der Waals surface area contributed by atoms with Crippen LogP contribution in [0.3, 0.4) is 0 Å². The summed E-state index contributed by atoms with van der Waals surface area (Å²) in [6.45, 7) is 7.23. The number of epoxide rings is 3. The van der Waals surface area contributed by atoms with Crippen molar-refractivity contribution in [2.75, 3.05) is 25.9 Å². The lowest BCUT2D eigenvalue weighted by atomic mass is 9.46. The molecule has 41 heavy (non-hydrogen) atoms. The first-order valence-corrected chi connectivity index (χ1v) is 17.8. The van der Waals surface area contributed by atoms with E-state index in [4.69, 9.17) is 28.4 Å². The van der Waals surface area contributed by atoms with Crippen molar-refractivity contribution in [3.8, 4) is 0 Å². The molecule has 0 aromatic carbocycles. The van der Waals surface area contributed by atoms with E-state index in [1.807, 2.05) is 21.6 Å². The van der Waals surface area contributed by atoms with Crippen molar-refractivity contribution in [2.45, 2.75) is 119 Å². The minimum absolute atomic E-state index is 0.0179. The zero-order valence-corrected chi connectivity index (χ0v) is 25.7. The summed E-state index contributed by atoms with van der Waals surface area (Å²) < 4.78 is 37.9. The summed E-state index contributed by atoms with van der Waals surface area (Å²) in [5.41, 5.74) is 0.257. The third-order valence-corrected chi connectivity index (χ3v) is 14.7. The van der Waals surface area contributed by atoms with Gasteiger partial charge >= 0.3 is 5.97 Å². The van der Waals surface area contributed by atoms with Crippen LogP contribution in [0.15, 0.2) is 11.1 Å². The maximum Gasteiger partial charge on any atom is 0.334 e. The topological polar surface area (TPSA) is 111 Å². The number of hydrogen-bond acceptors (Lipinski definition) is 10. The molecule has 0 bridgehead atoms. The number of fused-ring (bicyclic) bond motifs is 4. The SMILES string of the molecule is CC(C)[C@]12O[C@H]1[C@@H]1O[C@@]13[C@@]1(C)CCC4=C(COC4=O)[C@@H]1C[C@@H]1O[C@@]13C2OCOCNC(=O)CCCCC1CCSS1. The van der Waals surface area contributed by atoms with Gasteiger partial charge in [0.2, 0.25) is 5.91 Å². The molecule has 3 aliphatic carbocycles. The average Bonchev–Trinajstić information content (AvgIpc) is 3.88. The number of unbranched alkanes of at least 4 members (excludes halogenated alkanes) is 1. The fraction of sp³-hybridized carbons (Fsp3) is 0.867. The molecule has 11 heteroatoms. The molecule has 226 valence electrons. The normalized spacial score (nSPS) is 48.0. The van der Waals surface area contributed by atoms with Crippen LogP contribution in [-0.4, -0.2) is 84.2 Å². The maximum absolute atomic E-state index is 12.4. The molecule has 2 unspecified atom stereocenters. The van der Waals surface area contributed by atoms with E-state index in [0.717, 1.165) is 42.1 Å². The van der Waals surface area contributed by atoms with Gasteiger partial charge in [-0.3, -0.25) is 4.79 Å². The second-order valence-corrected chi connectivity index (χ2v) is 16.5. The number of carbonyl (C=O) groups excluding carboxylic acids is 2. The van der Waals surface area contributed by atoms with Gasteiger partial charge in [-0.1, -0.05) is 48.8 Å². The maximum atomic E-state index is 12.4. The number of cyclic esters (lactones) is 1. The number of esters is 1. The Morgan fingerprint density at radius 2 is 2.07 bits per heavy atom. The lowest BCUT2D eigenvalue weighted by Gasteiger charge is -2.54. The summed E-state index contributed by atoms with van der Waals surface area (Å²) in [7, 11) is 3.96. The van der Waals surface area contributed by atoms with Gasteiger partial charge in [-0.05, 0) is 55.9 Å². The standard InChI is InChI=1S/C30H41NO8S2/c1-16(2)28-23(38-28)24-30(39-24)27(3)10-8-18-19(13-35-25(18)33)20(27)12-21-29(30,37-21)26(28)36-15-34-14-31-22(32)7-5-4-6-17-9-11-40-41-17/h16-17,20-21,23-24,26H,4-15H2,1-3H3,(H,31,32)/t17?,20-,21-,23-,24-,26?,27-,28-,29+,30+/m0/s1. The largest absolute Gasteiger partial charge is 0.458 e. The third kappa shape index (κ3) is 3.69. The Balaban J connectivity index is 0.919. The minimum atomic E-state index is -0.593. The fourth-order valence-corrected chi connectivity index (χ4v) is 12.5. The second-order valence-electron chi connectivity index (χ2n) is 13.7. The highest BCUT2D eigenvalue weighted by atomic mass is 33.1. The molecule has 8 aliphatic rings. The van der Waals surface area contributed by atoms with Gasteiger partial charge in [0.1, 0.15) is 49.6 Å². The third-order valence-electron chi connectivity index (χ3n) is 11.7. The smallest absolute Gasteiger partial charge is 0.334 e. The highest BCUT2D eigenvalue weighted by Gasteiger charge is 3.00. The molecule has 0 radical (unpaired) electrons. The van der Waals surface area contributed by atoms with E-state index in [9.17, 15) is 9.59 Å².